The molecule has 0 aromatic carbocycles. The maximum absolute atomic E-state index is 11.5. The van der Waals surface area contributed by atoms with Gasteiger partial charge in [0.05, 0.1) is 32.3 Å². The van der Waals surface area contributed by atoms with Crippen molar-refractivity contribution in [1.82, 2.24) is 0 Å². The van der Waals surface area contributed by atoms with Crippen LogP contribution >= 0.6 is 0 Å². The van der Waals surface area contributed by atoms with Gasteiger partial charge in [0, 0.05) is 13.0 Å². The fourth-order valence-corrected chi connectivity index (χ4v) is 1.94. The molecule has 1 aliphatic heterocycles. The number of ether oxygens (including phenoxy) is 4. The van der Waals surface area contributed by atoms with E-state index in [0.717, 1.165) is 12.8 Å². The second kappa shape index (κ2) is 10.6. The molecule has 0 N–H and O–H groups in total. The number of hydrogen-bond acceptors (Lipinski definition) is 6. The van der Waals surface area contributed by atoms with E-state index in [0.29, 0.717) is 39.5 Å². The van der Waals surface area contributed by atoms with E-state index in [1.165, 1.54) is 0 Å². The van der Waals surface area contributed by atoms with E-state index in [1.54, 1.807) is 0 Å². The number of carbonyl (C=O) groups excluding carboxylic acids is 2. The molecule has 1 rings (SSSR count). The first-order valence-corrected chi connectivity index (χ1v) is 7.21. The minimum Gasteiger partial charge on any atom is -0.465 e. The van der Waals surface area contributed by atoms with Gasteiger partial charge < -0.3 is 18.9 Å². The highest BCUT2D eigenvalue weighted by atomic mass is 16.6. The number of cyclic esters (lactones) is 1. The van der Waals surface area contributed by atoms with Crippen molar-refractivity contribution in [2.75, 3.05) is 39.6 Å². The minimum absolute atomic E-state index is 0.154. The van der Waals surface area contributed by atoms with Crippen LogP contribution in [0.3, 0.4) is 0 Å². The molecule has 20 heavy (non-hydrogen) atoms. The maximum atomic E-state index is 11.5. The Morgan fingerprint density at radius 3 is 2.75 bits per heavy atom. The van der Waals surface area contributed by atoms with Crippen molar-refractivity contribution in [3.05, 3.63) is 0 Å². The Bertz CT molecular complexity index is 291. The third-order valence-corrected chi connectivity index (χ3v) is 3.04. The minimum atomic E-state index is -0.295. The van der Waals surface area contributed by atoms with Gasteiger partial charge in [-0.2, -0.15) is 0 Å². The van der Waals surface area contributed by atoms with Crippen LogP contribution in [0, 0.1) is 5.92 Å². The van der Waals surface area contributed by atoms with Gasteiger partial charge in [0.15, 0.2) is 0 Å². The zero-order valence-electron chi connectivity index (χ0n) is 12.1. The highest BCUT2D eigenvalue weighted by molar-refractivity contribution is 5.75. The van der Waals surface area contributed by atoms with Gasteiger partial charge in [-0.1, -0.05) is 0 Å². The number of carbonyl (C=O) groups is 2. The summed E-state index contributed by atoms with van der Waals surface area (Å²) in [4.78, 5) is 22.9. The lowest BCUT2D eigenvalue weighted by atomic mass is 9.96. The van der Waals surface area contributed by atoms with E-state index in [4.69, 9.17) is 18.9 Å². The standard InChI is InChI=1S/C14H24O6/c1-2-17-8-9-18-10-11-19-13(15)6-5-12-4-3-7-20-14(12)16/h12H,2-11H2,1H3. The quantitative estimate of drug-likeness (QED) is 0.446. The third-order valence-electron chi connectivity index (χ3n) is 3.04. The molecule has 0 bridgehead atoms. The van der Waals surface area contributed by atoms with Crippen LogP contribution in [-0.4, -0.2) is 51.6 Å². The van der Waals surface area contributed by atoms with Gasteiger partial charge in [0.2, 0.25) is 0 Å². The first kappa shape index (κ1) is 16.9. The Morgan fingerprint density at radius 1 is 1.25 bits per heavy atom. The fraction of sp³-hybridized carbons (Fsp3) is 0.857. The van der Waals surface area contributed by atoms with E-state index in [1.807, 2.05) is 6.92 Å². The van der Waals surface area contributed by atoms with Crippen LogP contribution in [0.15, 0.2) is 0 Å². The molecule has 0 aromatic heterocycles. The third kappa shape index (κ3) is 7.45. The lowest BCUT2D eigenvalue weighted by molar-refractivity contribution is -0.154. The van der Waals surface area contributed by atoms with Gasteiger partial charge in [-0.25, -0.2) is 0 Å². The first-order chi connectivity index (χ1) is 9.74. The molecule has 0 aromatic rings. The Labute approximate surface area is 119 Å². The second-order valence-corrected chi connectivity index (χ2v) is 4.58. The molecule has 1 saturated heterocycles. The Hall–Kier alpha value is -1.14. The predicted octanol–water partition coefficient (Wildman–Crippen LogP) is 1.32. The van der Waals surface area contributed by atoms with Crippen LogP contribution in [0.1, 0.15) is 32.6 Å². The molecule has 6 heteroatoms. The zero-order valence-corrected chi connectivity index (χ0v) is 12.1. The number of rotatable bonds is 10. The lowest BCUT2D eigenvalue weighted by Crippen LogP contribution is -2.25. The van der Waals surface area contributed by atoms with Crippen molar-refractivity contribution < 1.29 is 28.5 Å². The molecule has 0 amide bonds. The van der Waals surface area contributed by atoms with Crippen molar-refractivity contribution in [3.63, 3.8) is 0 Å². The molecule has 0 aliphatic carbocycles. The van der Waals surface area contributed by atoms with E-state index in [-0.39, 0.29) is 30.9 Å². The maximum Gasteiger partial charge on any atom is 0.308 e. The van der Waals surface area contributed by atoms with Crippen LogP contribution in [0.25, 0.3) is 0 Å². The van der Waals surface area contributed by atoms with E-state index in [2.05, 4.69) is 0 Å². The Kier molecular flexibility index (Phi) is 8.98. The summed E-state index contributed by atoms with van der Waals surface area (Å²) in [6, 6.07) is 0. The molecule has 1 fully saturated rings. The molecular formula is C14H24O6. The molecule has 1 atom stereocenters. The molecule has 0 saturated carbocycles. The van der Waals surface area contributed by atoms with Crippen molar-refractivity contribution in [3.8, 4) is 0 Å². The summed E-state index contributed by atoms with van der Waals surface area (Å²) >= 11 is 0. The van der Waals surface area contributed by atoms with Crippen LogP contribution < -0.4 is 0 Å². The van der Waals surface area contributed by atoms with Gasteiger partial charge in [-0.05, 0) is 26.2 Å². The van der Waals surface area contributed by atoms with Crippen molar-refractivity contribution in [2.45, 2.75) is 32.6 Å². The highest BCUT2D eigenvalue weighted by Gasteiger charge is 2.24. The van der Waals surface area contributed by atoms with Gasteiger partial charge >= 0.3 is 11.9 Å². The number of hydrogen-bond donors (Lipinski definition) is 0. The topological polar surface area (TPSA) is 71.1 Å². The summed E-state index contributed by atoms with van der Waals surface area (Å²) in [7, 11) is 0. The van der Waals surface area contributed by atoms with Crippen molar-refractivity contribution in [2.24, 2.45) is 5.92 Å². The van der Waals surface area contributed by atoms with Crippen molar-refractivity contribution >= 4 is 11.9 Å². The normalized spacial score (nSPS) is 18.6. The van der Waals surface area contributed by atoms with Gasteiger partial charge in [0.1, 0.15) is 6.61 Å². The van der Waals surface area contributed by atoms with Crippen LogP contribution in [0.4, 0.5) is 0 Å². The molecule has 116 valence electrons. The highest BCUT2D eigenvalue weighted by Crippen LogP contribution is 2.20. The molecule has 6 nitrogen and oxygen atoms in total. The average molecular weight is 288 g/mol. The van der Waals surface area contributed by atoms with Gasteiger partial charge in [-0.3, -0.25) is 9.59 Å². The summed E-state index contributed by atoms with van der Waals surface area (Å²) in [5.74, 6) is -0.640. The molecule has 1 unspecified atom stereocenters. The summed E-state index contributed by atoms with van der Waals surface area (Å²) in [6.07, 6.45) is 2.42. The predicted molar refractivity (Wildman–Crippen MR) is 71.2 cm³/mol. The second-order valence-electron chi connectivity index (χ2n) is 4.58. The first-order valence-electron chi connectivity index (χ1n) is 7.21. The molecule has 1 aliphatic rings. The molecule has 0 spiro atoms. The molecule has 0 radical (unpaired) electrons. The summed E-state index contributed by atoms with van der Waals surface area (Å²) in [5.41, 5.74) is 0. The summed E-state index contributed by atoms with van der Waals surface area (Å²) in [5, 5.41) is 0. The monoisotopic (exact) mass is 288 g/mol. The lowest BCUT2D eigenvalue weighted by Gasteiger charge is -2.20. The molecule has 1 heterocycles. The SMILES string of the molecule is CCOCCOCCOC(=O)CCC1CCCOC1=O. The van der Waals surface area contributed by atoms with Crippen LogP contribution in [0.5, 0.6) is 0 Å². The Balaban J connectivity index is 1.96. The number of esters is 2. The zero-order chi connectivity index (χ0) is 14.6. The summed E-state index contributed by atoms with van der Waals surface area (Å²) < 4.78 is 20.3. The van der Waals surface area contributed by atoms with Crippen LogP contribution in [0.2, 0.25) is 0 Å². The van der Waals surface area contributed by atoms with E-state index >= 15 is 0 Å². The van der Waals surface area contributed by atoms with Gasteiger partial charge in [0.25, 0.3) is 0 Å². The Morgan fingerprint density at radius 2 is 2.00 bits per heavy atom. The van der Waals surface area contributed by atoms with Crippen molar-refractivity contribution in [1.29, 1.82) is 0 Å². The van der Waals surface area contributed by atoms with E-state index < -0.39 is 0 Å². The van der Waals surface area contributed by atoms with Gasteiger partial charge in [-0.15, -0.1) is 0 Å². The fourth-order valence-electron chi connectivity index (χ4n) is 1.94. The smallest absolute Gasteiger partial charge is 0.308 e. The van der Waals surface area contributed by atoms with E-state index in [9.17, 15) is 9.59 Å². The average Bonchev–Trinajstić information content (AvgIpc) is 2.45. The van der Waals surface area contributed by atoms with Crippen LogP contribution in [-0.2, 0) is 28.5 Å². The summed E-state index contributed by atoms with van der Waals surface area (Å²) in [6.45, 7) is 4.74. The molecular weight excluding hydrogens is 264 g/mol. The largest absolute Gasteiger partial charge is 0.465 e.